The van der Waals surface area contributed by atoms with Crippen LogP contribution in [0.15, 0.2) is 24.3 Å². The van der Waals surface area contributed by atoms with Crippen LogP contribution in [0.1, 0.15) is 37.4 Å². The molecule has 1 aliphatic carbocycles. The van der Waals surface area contributed by atoms with Gasteiger partial charge >= 0.3 is 0 Å². The van der Waals surface area contributed by atoms with E-state index in [2.05, 4.69) is 0 Å². The van der Waals surface area contributed by atoms with Crippen LogP contribution < -0.4 is 10.5 Å². The molecule has 0 amide bonds. The number of methoxy groups -OCH3 is 2. The van der Waals surface area contributed by atoms with Crippen LogP contribution in [-0.4, -0.2) is 33.0 Å². The first-order chi connectivity index (χ1) is 9.78. The molecule has 0 saturated heterocycles. The van der Waals surface area contributed by atoms with Crippen LogP contribution in [0.3, 0.4) is 0 Å². The predicted octanol–water partition coefficient (Wildman–Crippen LogP) is 2.67. The Bertz CT molecular complexity index is 410. The van der Waals surface area contributed by atoms with Gasteiger partial charge in [0.2, 0.25) is 0 Å². The molecule has 4 heteroatoms. The minimum Gasteiger partial charge on any atom is -0.496 e. The van der Waals surface area contributed by atoms with Gasteiger partial charge in [0, 0.05) is 19.2 Å². The number of nitrogens with two attached hydrogens (primary N) is 1. The van der Waals surface area contributed by atoms with Gasteiger partial charge in [0.15, 0.2) is 0 Å². The number of rotatable bonds is 6. The maximum Gasteiger partial charge on any atom is 0.124 e. The van der Waals surface area contributed by atoms with Crippen molar-refractivity contribution in [2.24, 2.45) is 5.73 Å². The second-order valence-corrected chi connectivity index (χ2v) is 5.25. The number of ether oxygens (including phenoxy) is 3. The molecule has 1 saturated carbocycles. The van der Waals surface area contributed by atoms with Gasteiger partial charge in [-0.25, -0.2) is 0 Å². The fraction of sp³-hybridized carbons (Fsp3) is 0.625. The Balaban J connectivity index is 2.05. The predicted molar refractivity (Wildman–Crippen MR) is 78.9 cm³/mol. The lowest BCUT2D eigenvalue weighted by molar-refractivity contribution is -0.0637. The second kappa shape index (κ2) is 7.62. The molecular formula is C16H25NO3. The Morgan fingerprint density at radius 1 is 1.20 bits per heavy atom. The highest BCUT2D eigenvalue weighted by Gasteiger charge is 2.26. The van der Waals surface area contributed by atoms with Gasteiger partial charge in [0.25, 0.3) is 0 Å². The highest BCUT2D eigenvalue weighted by atomic mass is 16.5. The number of hydrogen-bond donors (Lipinski definition) is 1. The molecule has 0 aromatic heterocycles. The summed E-state index contributed by atoms with van der Waals surface area (Å²) in [6.45, 7) is 0.453. The molecule has 0 heterocycles. The van der Waals surface area contributed by atoms with Gasteiger partial charge in [0.1, 0.15) is 5.75 Å². The summed E-state index contributed by atoms with van der Waals surface area (Å²) in [5.41, 5.74) is 6.93. The van der Waals surface area contributed by atoms with Crippen molar-refractivity contribution in [1.82, 2.24) is 0 Å². The first-order valence-electron chi connectivity index (χ1n) is 7.29. The van der Waals surface area contributed by atoms with E-state index in [1.807, 2.05) is 24.3 Å². The molecule has 1 aromatic rings. The summed E-state index contributed by atoms with van der Waals surface area (Å²) in [6, 6.07) is 7.91. The highest BCUT2D eigenvalue weighted by Crippen LogP contribution is 2.31. The summed E-state index contributed by atoms with van der Waals surface area (Å²) >= 11 is 0. The van der Waals surface area contributed by atoms with E-state index >= 15 is 0 Å². The standard InChI is InChI=1S/C16H25NO3/c1-18-12-6-5-7-13(10-12)20-16(11-17)14-8-3-4-9-15(14)19-2/h3-4,8-9,12-13,16H,5-7,10-11,17H2,1-2H3. The minimum atomic E-state index is -0.119. The second-order valence-electron chi connectivity index (χ2n) is 5.25. The van der Waals surface area contributed by atoms with Crippen molar-refractivity contribution in [3.05, 3.63) is 29.8 Å². The molecule has 0 radical (unpaired) electrons. The minimum absolute atomic E-state index is 0.119. The summed E-state index contributed by atoms with van der Waals surface area (Å²) in [7, 11) is 3.45. The average molecular weight is 279 g/mol. The van der Waals surface area contributed by atoms with Gasteiger partial charge in [-0.1, -0.05) is 18.2 Å². The van der Waals surface area contributed by atoms with E-state index < -0.39 is 0 Å². The van der Waals surface area contributed by atoms with Crippen molar-refractivity contribution < 1.29 is 14.2 Å². The van der Waals surface area contributed by atoms with Gasteiger partial charge in [-0.15, -0.1) is 0 Å². The Morgan fingerprint density at radius 2 is 1.95 bits per heavy atom. The van der Waals surface area contributed by atoms with Crippen LogP contribution >= 0.6 is 0 Å². The normalized spacial score (nSPS) is 24.4. The molecular weight excluding hydrogens is 254 g/mol. The maximum absolute atomic E-state index is 6.22. The summed E-state index contributed by atoms with van der Waals surface area (Å²) in [5.74, 6) is 0.835. The summed E-state index contributed by atoms with van der Waals surface area (Å²) < 4.78 is 17.1. The first kappa shape index (κ1) is 15.3. The lowest BCUT2D eigenvalue weighted by Crippen LogP contribution is -2.30. The van der Waals surface area contributed by atoms with Crippen molar-refractivity contribution >= 4 is 0 Å². The molecule has 0 spiro atoms. The van der Waals surface area contributed by atoms with Crippen molar-refractivity contribution in [3.8, 4) is 5.75 Å². The molecule has 3 atom stereocenters. The Morgan fingerprint density at radius 3 is 2.65 bits per heavy atom. The molecule has 1 aromatic carbocycles. The molecule has 0 bridgehead atoms. The highest BCUT2D eigenvalue weighted by molar-refractivity contribution is 5.35. The quantitative estimate of drug-likeness (QED) is 0.870. The molecule has 1 aliphatic rings. The molecule has 1 fully saturated rings. The van der Waals surface area contributed by atoms with Gasteiger partial charge in [-0.05, 0) is 31.7 Å². The van der Waals surface area contributed by atoms with Crippen molar-refractivity contribution in [2.45, 2.75) is 44.0 Å². The topological polar surface area (TPSA) is 53.7 Å². The lowest BCUT2D eigenvalue weighted by Gasteiger charge is -2.31. The first-order valence-corrected chi connectivity index (χ1v) is 7.29. The van der Waals surface area contributed by atoms with Gasteiger partial charge < -0.3 is 19.9 Å². The molecule has 3 unspecified atom stereocenters. The van der Waals surface area contributed by atoms with E-state index in [-0.39, 0.29) is 12.2 Å². The number of hydrogen-bond acceptors (Lipinski definition) is 4. The Labute approximate surface area is 121 Å². The monoisotopic (exact) mass is 279 g/mol. The van der Waals surface area contributed by atoms with Crippen LogP contribution in [0.2, 0.25) is 0 Å². The average Bonchev–Trinajstić information content (AvgIpc) is 2.52. The van der Waals surface area contributed by atoms with Crippen LogP contribution in [0.5, 0.6) is 5.75 Å². The molecule has 2 N–H and O–H groups in total. The largest absolute Gasteiger partial charge is 0.496 e. The Kier molecular flexibility index (Phi) is 5.83. The Hall–Kier alpha value is -1.10. The van der Waals surface area contributed by atoms with Crippen LogP contribution in [0.25, 0.3) is 0 Å². The van der Waals surface area contributed by atoms with Crippen molar-refractivity contribution in [2.75, 3.05) is 20.8 Å². The third kappa shape index (κ3) is 3.72. The maximum atomic E-state index is 6.22. The molecule has 4 nitrogen and oxygen atoms in total. The van der Waals surface area contributed by atoms with E-state index in [0.29, 0.717) is 12.6 Å². The zero-order chi connectivity index (χ0) is 14.4. The third-order valence-corrected chi connectivity index (χ3v) is 3.97. The van der Waals surface area contributed by atoms with E-state index in [0.717, 1.165) is 37.0 Å². The number of benzene rings is 1. The van der Waals surface area contributed by atoms with Gasteiger partial charge in [-0.3, -0.25) is 0 Å². The third-order valence-electron chi connectivity index (χ3n) is 3.97. The summed E-state index contributed by atoms with van der Waals surface area (Å²) in [5, 5.41) is 0. The summed E-state index contributed by atoms with van der Waals surface area (Å²) in [6.07, 6.45) is 4.70. The van der Waals surface area contributed by atoms with E-state index in [4.69, 9.17) is 19.9 Å². The van der Waals surface area contributed by atoms with Crippen LogP contribution in [0.4, 0.5) is 0 Å². The molecule has 112 valence electrons. The van der Waals surface area contributed by atoms with Gasteiger partial charge in [-0.2, -0.15) is 0 Å². The van der Waals surface area contributed by atoms with Crippen molar-refractivity contribution in [1.29, 1.82) is 0 Å². The van der Waals surface area contributed by atoms with E-state index in [9.17, 15) is 0 Å². The molecule has 20 heavy (non-hydrogen) atoms. The van der Waals surface area contributed by atoms with E-state index in [1.54, 1.807) is 14.2 Å². The number of para-hydroxylation sites is 1. The zero-order valence-corrected chi connectivity index (χ0v) is 12.4. The van der Waals surface area contributed by atoms with Gasteiger partial charge in [0.05, 0.1) is 25.4 Å². The molecule has 0 aliphatic heterocycles. The lowest BCUT2D eigenvalue weighted by atomic mass is 9.94. The fourth-order valence-corrected chi connectivity index (χ4v) is 2.86. The SMILES string of the molecule is COc1ccccc1C(CN)OC1CCCC(OC)C1. The van der Waals surface area contributed by atoms with Crippen molar-refractivity contribution in [3.63, 3.8) is 0 Å². The molecule has 2 rings (SSSR count). The van der Waals surface area contributed by atoms with E-state index in [1.165, 1.54) is 0 Å². The summed E-state index contributed by atoms with van der Waals surface area (Å²) in [4.78, 5) is 0. The fourth-order valence-electron chi connectivity index (χ4n) is 2.86. The van der Waals surface area contributed by atoms with Crippen LogP contribution in [0, 0.1) is 0 Å². The smallest absolute Gasteiger partial charge is 0.124 e. The zero-order valence-electron chi connectivity index (χ0n) is 12.4. The van der Waals surface area contributed by atoms with Crippen LogP contribution in [-0.2, 0) is 9.47 Å².